The number of amides is 2. The van der Waals surface area contributed by atoms with Gasteiger partial charge in [-0.1, -0.05) is 72.4 Å². The summed E-state index contributed by atoms with van der Waals surface area (Å²) in [6.07, 6.45) is 5.61. The van der Waals surface area contributed by atoms with Gasteiger partial charge in [-0.25, -0.2) is 8.42 Å². The predicted molar refractivity (Wildman–Crippen MR) is 175 cm³/mol. The lowest BCUT2D eigenvalue weighted by atomic mass is 10.0. The van der Waals surface area contributed by atoms with E-state index in [0.29, 0.717) is 33.7 Å². The summed E-state index contributed by atoms with van der Waals surface area (Å²) in [5, 5.41) is 3.93. The van der Waals surface area contributed by atoms with Gasteiger partial charge in [-0.05, 0) is 54.7 Å². The fourth-order valence-electron chi connectivity index (χ4n) is 5.80. The average Bonchev–Trinajstić information content (AvgIpc) is 3.70. The topological polar surface area (TPSA) is 105 Å². The molecule has 0 saturated heterocycles. The number of halogens is 2. The Hall–Kier alpha value is -3.47. The molecule has 1 aliphatic heterocycles. The van der Waals surface area contributed by atoms with Crippen molar-refractivity contribution in [1.82, 2.24) is 10.2 Å². The van der Waals surface area contributed by atoms with E-state index >= 15 is 0 Å². The van der Waals surface area contributed by atoms with Crippen molar-refractivity contribution < 1.29 is 27.5 Å². The van der Waals surface area contributed by atoms with Gasteiger partial charge in [-0.2, -0.15) is 0 Å². The molecule has 2 aliphatic rings. The fourth-order valence-corrected chi connectivity index (χ4v) is 7.08. The van der Waals surface area contributed by atoms with Crippen LogP contribution in [0, 0.1) is 0 Å². The second kappa shape index (κ2) is 14.7. The standard InChI is InChI=1S/C33H37Cl2N3O6S/c1-45(41,42)38(26-14-16-30-31(20-26)44-22-43-30)17-7-12-32(39)37(21-24-13-15-27(34)28(35)18-24)29(19-23-8-3-2-4-9-23)33(40)36-25-10-5-6-11-25/h2-4,8-9,13-16,18,20,25,29H,5-7,10-12,17,19,21-22H2,1H3,(H,36,40)/t29-/m0/s1. The largest absolute Gasteiger partial charge is 0.454 e. The Balaban J connectivity index is 1.39. The summed E-state index contributed by atoms with van der Waals surface area (Å²) in [6.45, 7) is 0.255. The van der Waals surface area contributed by atoms with Crippen LogP contribution >= 0.6 is 23.2 Å². The Labute approximate surface area is 274 Å². The molecule has 1 aliphatic carbocycles. The summed E-state index contributed by atoms with van der Waals surface area (Å²) in [6, 6.07) is 18.9. The quantitative estimate of drug-likeness (QED) is 0.240. The molecular weight excluding hydrogens is 637 g/mol. The van der Waals surface area contributed by atoms with Crippen LogP contribution in [0.5, 0.6) is 11.5 Å². The van der Waals surface area contributed by atoms with Gasteiger partial charge >= 0.3 is 0 Å². The number of fused-ring (bicyclic) bond motifs is 1. The maximum Gasteiger partial charge on any atom is 0.243 e. The molecule has 0 radical (unpaired) electrons. The zero-order valence-electron chi connectivity index (χ0n) is 25.1. The smallest absolute Gasteiger partial charge is 0.243 e. The first-order valence-electron chi connectivity index (χ1n) is 15.0. The SMILES string of the molecule is CS(=O)(=O)N(CCCC(=O)N(Cc1ccc(Cl)c(Cl)c1)[C@@H](Cc1ccccc1)C(=O)NC1CCCC1)c1ccc2c(c1)OCO2. The number of nitrogens with zero attached hydrogens (tertiary/aromatic N) is 2. The third kappa shape index (κ3) is 8.62. The van der Waals surface area contributed by atoms with Crippen LogP contribution in [0.15, 0.2) is 66.7 Å². The van der Waals surface area contributed by atoms with E-state index in [1.54, 1.807) is 41.3 Å². The molecule has 240 valence electrons. The molecule has 1 atom stereocenters. The molecule has 3 aromatic carbocycles. The minimum absolute atomic E-state index is 0.0138. The van der Waals surface area contributed by atoms with Crippen LogP contribution < -0.4 is 19.1 Å². The molecule has 0 unspecified atom stereocenters. The Kier molecular flexibility index (Phi) is 10.8. The molecular formula is C33H37Cl2N3O6S. The van der Waals surface area contributed by atoms with Crippen LogP contribution in [-0.4, -0.2) is 56.8 Å². The number of hydrogen-bond acceptors (Lipinski definition) is 6. The van der Waals surface area contributed by atoms with Crippen LogP contribution in [-0.2, 0) is 32.6 Å². The third-order valence-corrected chi connectivity index (χ3v) is 10.0. The van der Waals surface area contributed by atoms with Crippen molar-refractivity contribution in [2.24, 2.45) is 0 Å². The number of benzene rings is 3. The van der Waals surface area contributed by atoms with Gasteiger partial charge in [0.15, 0.2) is 11.5 Å². The third-order valence-electron chi connectivity index (χ3n) is 8.11. The van der Waals surface area contributed by atoms with Gasteiger partial charge in [-0.15, -0.1) is 0 Å². The van der Waals surface area contributed by atoms with Crippen LogP contribution in [0.2, 0.25) is 10.0 Å². The van der Waals surface area contributed by atoms with Crippen LogP contribution in [0.3, 0.4) is 0 Å². The first-order chi connectivity index (χ1) is 21.6. The summed E-state index contributed by atoms with van der Waals surface area (Å²) in [5.74, 6) is 0.516. The monoisotopic (exact) mass is 673 g/mol. The van der Waals surface area contributed by atoms with Gasteiger partial charge < -0.3 is 19.7 Å². The normalized spacial score (nSPS) is 15.1. The van der Waals surface area contributed by atoms with E-state index in [1.165, 1.54) is 4.31 Å². The summed E-state index contributed by atoms with van der Waals surface area (Å²) in [7, 11) is -3.67. The number of sulfonamides is 1. The number of anilines is 1. The highest BCUT2D eigenvalue weighted by atomic mass is 35.5. The highest BCUT2D eigenvalue weighted by Crippen LogP contribution is 2.36. The van der Waals surface area contributed by atoms with Gasteiger partial charge in [0.1, 0.15) is 6.04 Å². The van der Waals surface area contributed by atoms with Crippen molar-refractivity contribution in [3.05, 3.63) is 87.9 Å². The molecule has 2 amide bonds. The van der Waals surface area contributed by atoms with E-state index in [4.69, 9.17) is 32.7 Å². The van der Waals surface area contributed by atoms with Gasteiger partial charge in [0.25, 0.3) is 0 Å². The second-order valence-corrected chi connectivity index (χ2v) is 14.2. The van der Waals surface area contributed by atoms with E-state index in [-0.39, 0.29) is 50.6 Å². The van der Waals surface area contributed by atoms with Crippen LogP contribution in [0.4, 0.5) is 5.69 Å². The summed E-state index contributed by atoms with van der Waals surface area (Å²) >= 11 is 12.5. The highest BCUT2D eigenvalue weighted by Gasteiger charge is 2.32. The molecule has 0 spiro atoms. The number of nitrogens with one attached hydrogen (secondary N) is 1. The van der Waals surface area contributed by atoms with Crippen LogP contribution in [0.25, 0.3) is 0 Å². The van der Waals surface area contributed by atoms with Crippen molar-refractivity contribution in [3.8, 4) is 11.5 Å². The summed E-state index contributed by atoms with van der Waals surface area (Å²) in [4.78, 5) is 29.6. The van der Waals surface area contributed by atoms with Crippen molar-refractivity contribution in [1.29, 1.82) is 0 Å². The lowest BCUT2D eigenvalue weighted by molar-refractivity contribution is -0.141. The number of hydrogen-bond donors (Lipinski definition) is 1. The molecule has 5 rings (SSSR count). The van der Waals surface area contributed by atoms with Crippen molar-refractivity contribution in [2.75, 3.05) is 23.9 Å². The van der Waals surface area contributed by atoms with Gasteiger partial charge in [-0.3, -0.25) is 13.9 Å². The lowest BCUT2D eigenvalue weighted by Gasteiger charge is -2.33. The molecule has 3 aromatic rings. The lowest BCUT2D eigenvalue weighted by Crippen LogP contribution is -2.52. The van der Waals surface area contributed by atoms with E-state index in [9.17, 15) is 18.0 Å². The number of carbonyl (C=O) groups is 2. The Morgan fingerprint density at radius 1 is 0.933 bits per heavy atom. The van der Waals surface area contributed by atoms with E-state index in [1.807, 2.05) is 30.3 Å². The second-order valence-electron chi connectivity index (χ2n) is 11.4. The molecule has 0 aromatic heterocycles. The minimum atomic E-state index is -3.67. The maximum absolute atomic E-state index is 14.1. The van der Waals surface area contributed by atoms with Crippen LogP contribution in [0.1, 0.15) is 49.7 Å². The van der Waals surface area contributed by atoms with Gasteiger partial charge in [0.05, 0.1) is 22.0 Å². The Morgan fingerprint density at radius 2 is 1.67 bits per heavy atom. The summed E-state index contributed by atoms with van der Waals surface area (Å²) in [5.41, 5.74) is 2.06. The number of ether oxygens (including phenoxy) is 2. The Bertz CT molecular complexity index is 1620. The van der Waals surface area contributed by atoms with Crippen molar-refractivity contribution in [2.45, 2.75) is 63.6 Å². The molecule has 1 N–H and O–H groups in total. The molecule has 9 nitrogen and oxygen atoms in total. The summed E-state index contributed by atoms with van der Waals surface area (Å²) < 4.78 is 37.6. The van der Waals surface area contributed by atoms with E-state index < -0.39 is 16.1 Å². The molecule has 1 saturated carbocycles. The Morgan fingerprint density at radius 3 is 2.38 bits per heavy atom. The number of rotatable bonds is 13. The molecule has 45 heavy (non-hydrogen) atoms. The van der Waals surface area contributed by atoms with Crippen molar-refractivity contribution in [3.63, 3.8) is 0 Å². The predicted octanol–water partition coefficient (Wildman–Crippen LogP) is 5.97. The minimum Gasteiger partial charge on any atom is -0.454 e. The molecule has 1 heterocycles. The molecule has 0 bridgehead atoms. The maximum atomic E-state index is 14.1. The fraction of sp³-hybridized carbons (Fsp3) is 0.394. The van der Waals surface area contributed by atoms with E-state index in [2.05, 4.69) is 5.32 Å². The molecule has 1 fully saturated rings. The van der Waals surface area contributed by atoms with Crippen molar-refractivity contribution >= 4 is 50.7 Å². The average molecular weight is 675 g/mol. The zero-order chi connectivity index (χ0) is 32.0. The first-order valence-corrected chi connectivity index (χ1v) is 17.6. The van der Waals surface area contributed by atoms with Gasteiger partial charge in [0, 0.05) is 38.0 Å². The van der Waals surface area contributed by atoms with E-state index in [0.717, 1.165) is 43.1 Å². The first kappa shape index (κ1) is 32.9. The number of carbonyl (C=O) groups excluding carboxylic acids is 2. The zero-order valence-corrected chi connectivity index (χ0v) is 27.4. The highest BCUT2D eigenvalue weighted by molar-refractivity contribution is 7.92. The molecule has 12 heteroatoms. The van der Waals surface area contributed by atoms with Gasteiger partial charge in [0.2, 0.25) is 28.6 Å².